The number of carbonyl (C=O) groups is 1. The third-order valence-electron chi connectivity index (χ3n) is 4.70. The summed E-state index contributed by atoms with van der Waals surface area (Å²) in [4.78, 5) is 11.2. The normalized spacial score (nSPS) is 11.8. The molecule has 3 aromatic rings. The lowest BCUT2D eigenvalue weighted by Crippen LogP contribution is -2.07. The number of benzene rings is 2. The van der Waals surface area contributed by atoms with Crippen LogP contribution in [-0.2, 0) is 30.2 Å². The Morgan fingerprint density at radius 1 is 1.13 bits per heavy atom. The average Bonchev–Trinajstić information content (AvgIpc) is 3.09. The van der Waals surface area contributed by atoms with Gasteiger partial charge in [0.1, 0.15) is 11.5 Å². The Morgan fingerprint density at radius 3 is 2.47 bits per heavy atom. The maximum atomic E-state index is 13.4. The maximum Gasteiger partial charge on any atom is 0.437 e. The van der Waals surface area contributed by atoms with E-state index in [9.17, 15) is 23.1 Å². The number of carboxylic acid groups (broad SMARTS) is 1. The van der Waals surface area contributed by atoms with Crippen LogP contribution in [0.4, 0.5) is 13.2 Å². The first-order chi connectivity index (χ1) is 14.3. The van der Waals surface area contributed by atoms with Crippen LogP contribution in [0.1, 0.15) is 49.1 Å². The van der Waals surface area contributed by atoms with Crippen molar-refractivity contribution < 1.29 is 32.3 Å². The van der Waals surface area contributed by atoms with Gasteiger partial charge in [-0.05, 0) is 30.5 Å². The van der Waals surface area contributed by atoms with Crippen molar-refractivity contribution in [1.82, 2.24) is 5.16 Å². The number of aromatic nitrogens is 1. The zero-order chi connectivity index (χ0) is 21.9. The maximum absolute atomic E-state index is 13.4. The van der Waals surface area contributed by atoms with Gasteiger partial charge in [0.2, 0.25) is 0 Å². The Morgan fingerprint density at radius 2 is 1.83 bits per heavy atom. The Bertz CT molecular complexity index is 1060. The summed E-state index contributed by atoms with van der Waals surface area (Å²) < 4.78 is 51.5. The van der Waals surface area contributed by atoms with E-state index < -0.39 is 17.8 Å². The first-order valence-corrected chi connectivity index (χ1v) is 9.75. The van der Waals surface area contributed by atoms with Gasteiger partial charge in [0.15, 0.2) is 11.3 Å². The summed E-state index contributed by atoms with van der Waals surface area (Å²) in [6.45, 7) is 3.83. The van der Waals surface area contributed by atoms with Gasteiger partial charge in [-0.3, -0.25) is 4.79 Å². The monoisotopic (exact) mass is 421 g/mol. The summed E-state index contributed by atoms with van der Waals surface area (Å²) in [7, 11) is 0. The number of nitrogens with zero attached hydrogens (tertiary/aromatic N) is 1. The molecule has 0 fully saturated rings. The first kappa shape index (κ1) is 21.7. The van der Waals surface area contributed by atoms with E-state index >= 15 is 0 Å². The van der Waals surface area contributed by atoms with Gasteiger partial charge in [0, 0.05) is 11.1 Å². The summed E-state index contributed by atoms with van der Waals surface area (Å²) >= 11 is 0. The molecule has 0 aliphatic heterocycles. The third-order valence-corrected chi connectivity index (χ3v) is 4.70. The highest BCUT2D eigenvalue weighted by Crippen LogP contribution is 2.42. The van der Waals surface area contributed by atoms with Crippen molar-refractivity contribution in [3.63, 3.8) is 0 Å². The van der Waals surface area contributed by atoms with Crippen LogP contribution in [0.25, 0.3) is 11.0 Å². The molecule has 1 N–H and O–H groups in total. The Labute approximate surface area is 171 Å². The second-order valence-electron chi connectivity index (χ2n) is 7.03. The summed E-state index contributed by atoms with van der Waals surface area (Å²) in [5, 5.41) is 12.4. The Hall–Kier alpha value is -3.03. The molecule has 0 saturated carbocycles. The highest BCUT2D eigenvalue weighted by atomic mass is 19.4. The zero-order valence-electron chi connectivity index (χ0n) is 16.7. The third kappa shape index (κ3) is 4.42. The molecular formula is C22H22F3NO4. The predicted molar refractivity (Wildman–Crippen MR) is 105 cm³/mol. The standard InChI is InChI=1S/C22H22F3NO4/c1-3-7-14-11-16-20(30-26-21(16)22(23,24)25)15(8-4-2)19(14)29-17-10-6-5-9-13(17)12-18(27)28/h5-6,9-11H,3-4,7-8,12H2,1-2H3,(H,27,28). The molecule has 0 atom stereocenters. The lowest BCUT2D eigenvalue weighted by molar-refractivity contribution is -0.141. The molecule has 2 aromatic carbocycles. The number of halogens is 3. The number of aliphatic carboxylic acids is 1. The minimum Gasteiger partial charge on any atom is -0.481 e. The van der Waals surface area contributed by atoms with Crippen LogP contribution in [0.3, 0.4) is 0 Å². The molecule has 30 heavy (non-hydrogen) atoms. The largest absolute Gasteiger partial charge is 0.481 e. The van der Waals surface area contributed by atoms with Crippen molar-refractivity contribution in [2.75, 3.05) is 0 Å². The minimum atomic E-state index is -4.63. The molecule has 8 heteroatoms. The van der Waals surface area contributed by atoms with Crippen molar-refractivity contribution in [2.24, 2.45) is 0 Å². The number of fused-ring (bicyclic) bond motifs is 1. The second-order valence-corrected chi connectivity index (χ2v) is 7.03. The molecule has 0 amide bonds. The van der Waals surface area contributed by atoms with Crippen molar-refractivity contribution in [3.05, 3.63) is 52.7 Å². The smallest absolute Gasteiger partial charge is 0.437 e. The van der Waals surface area contributed by atoms with Crippen molar-refractivity contribution >= 4 is 16.9 Å². The van der Waals surface area contributed by atoms with E-state index in [-0.39, 0.29) is 17.4 Å². The van der Waals surface area contributed by atoms with Crippen LogP contribution in [-0.4, -0.2) is 16.2 Å². The van der Waals surface area contributed by atoms with E-state index in [1.807, 2.05) is 13.8 Å². The fraction of sp³-hybridized carbons (Fsp3) is 0.364. The Kier molecular flexibility index (Phi) is 6.34. The number of para-hydroxylation sites is 1. The van der Waals surface area contributed by atoms with Crippen molar-refractivity contribution in [1.29, 1.82) is 0 Å². The van der Waals surface area contributed by atoms with E-state index in [1.54, 1.807) is 24.3 Å². The number of hydrogen-bond donors (Lipinski definition) is 1. The van der Waals surface area contributed by atoms with Gasteiger partial charge >= 0.3 is 12.1 Å². The van der Waals surface area contributed by atoms with Crippen LogP contribution >= 0.6 is 0 Å². The second kappa shape index (κ2) is 8.77. The topological polar surface area (TPSA) is 72.6 Å². The quantitative estimate of drug-likeness (QED) is 0.471. The van der Waals surface area contributed by atoms with Crippen LogP contribution in [0.15, 0.2) is 34.9 Å². The molecule has 1 heterocycles. The van der Waals surface area contributed by atoms with Crippen LogP contribution < -0.4 is 4.74 Å². The first-order valence-electron chi connectivity index (χ1n) is 9.75. The van der Waals surface area contributed by atoms with Crippen LogP contribution in [0.5, 0.6) is 11.5 Å². The van der Waals surface area contributed by atoms with Gasteiger partial charge in [-0.1, -0.05) is 50.0 Å². The molecule has 0 unspecified atom stereocenters. The molecule has 0 spiro atoms. The van der Waals surface area contributed by atoms with Gasteiger partial charge in [-0.25, -0.2) is 0 Å². The van der Waals surface area contributed by atoms with Gasteiger partial charge in [-0.2, -0.15) is 13.2 Å². The fourth-order valence-electron chi connectivity index (χ4n) is 3.47. The Balaban J connectivity index is 2.22. The highest BCUT2D eigenvalue weighted by Gasteiger charge is 2.38. The van der Waals surface area contributed by atoms with E-state index in [4.69, 9.17) is 9.26 Å². The summed E-state index contributed by atoms with van der Waals surface area (Å²) in [6.07, 6.45) is -2.60. The van der Waals surface area contributed by atoms with Crippen molar-refractivity contribution in [2.45, 2.75) is 52.1 Å². The summed E-state index contributed by atoms with van der Waals surface area (Å²) in [6, 6.07) is 8.15. The number of alkyl halides is 3. The molecule has 0 radical (unpaired) electrons. The van der Waals surface area contributed by atoms with Crippen molar-refractivity contribution in [3.8, 4) is 11.5 Å². The molecule has 3 rings (SSSR count). The van der Waals surface area contributed by atoms with Gasteiger partial charge in [-0.15, -0.1) is 0 Å². The number of rotatable bonds is 8. The van der Waals surface area contributed by atoms with E-state index in [2.05, 4.69) is 5.16 Å². The van der Waals surface area contributed by atoms with E-state index in [1.165, 1.54) is 6.07 Å². The predicted octanol–water partition coefficient (Wildman–Crippen LogP) is 6.17. The molecule has 0 saturated heterocycles. The molecule has 5 nitrogen and oxygen atoms in total. The molecule has 1 aromatic heterocycles. The molecule has 0 aliphatic carbocycles. The number of ether oxygens (including phenoxy) is 1. The van der Waals surface area contributed by atoms with Gasteiger partial charge in [0.05, 0.1) is 11.8 Å². The number of carboxylic acids is 1. The molecule has 0 bridgehead atoms. The average molecular weight is 421 g/mol. The van der Waals surface area contributed by atoms with Gasteiger partial charge < -0.3 is 14.4 Å². The lowest BCUT2D eigenvalue weighted by atomic mass is 9.97. The van der Waals surface area contributed by atoms with Crippen LogP contribution in [0, 0.1) is 0 Å². The molecule has 160 valence electrons. The van der Waals surface area contributed by atoms with E-state index in [0.29, 0.717) is 53.9 Å². The molecule has 0 aliphatic rings. The minimum absolute atomic E-state index is 0.0507. The van der Waals surface area contributed by atoms with Crippen LogP contribution in [0.2, 0.25) is 0 Å². The zero-order valence-corrected chi connectivity index (χ0v) is 16.7. The summed E-state index contributed by atoms with van der Waals surface area (Å²) in [5.41, 5.74) is 0.585. The van der Waals surface area contributed by atoms with E-state index in [0.717, 1.165) is 0 Å². The molecular weight excluding hydrogens is 399 g/mol. The number of hydrogen-bond acceptors (Lipinski definition) is 4. The SMILES string of the molecule is CCCc1cc2c(C(F)(F)F)noc2c(CCC)c1Oc1ccccc1CC(=O)O. The lowest BCUT2D eigenvalue weighted by Gasteiger charge is -2.18. The summed E-state index contributed by atoms with van der Waals surface area (Å²) in [5.74, 6) is -0.243. The van der Waals surface area contributed by atoms with Gasteiger partial charge in [0.25, 0.3) is 0 Å². The fourth-order valence-corrected chi connectivity index (χ4v) is 3.47. The highest BCUT2D eigenvalue weighted by molar-refractivity contribution is 5.86. The number of aryl methyl sites for hydroxylation is 2.